The maximum absolute atomic E-state index is 12.2. The topological polar surface area (TPSA) is 41.1 Å². The molecule has 124 valence electrons. The average Bonchev–Trinajstić information content (AvgIpc) is 2.62. The molecule has 2 rings (SSSR count). The Morgan fingerprint density at radius 2 is 1.62 bits per heavy atom. The van der Waals surface area contributed by atoms with Crippen molar-refractivity contribution in [3.8, 4) is 0 Å². The molecule has 0 bridgehead atoms. The van der Waals surface area contributed by atoms with Crippen LogP contribution >= 0.6 is 0 Å². The smallest absolute Gasteiger partial charge is 0.265 e. The molecule has 0 aliphatic heterocycles. The largest absolute Gasteiger partial charge is 0.287 e. The van der Waals surface area contributed by atoms with Crippen LogP contribution in [0.2, 0.25) is 0 Å². The SMILES string of the molecule is C=CC(C)(C)[C@H](/C=C/c1ccccc1)NNC(=O)c1ccccc1. The second-order valence-corrected chi connectivity index (χ2v) is 6.24. The number of carbonyl (C=O) groups excluding carboxylic acids is 1. The first-order valence-electron chi connectivity index (χ1n) is 8.01. The first kappa shape index (κ1) is 17.7. The van der Waals surface area contributed by atoms with E-state index in [9.17, 15) is 4.79 Å². The Morgan fingerprint density at radius 3 is 2.21 bits per heavy atom. The van der Waals surface area contributed by atoms with E-state index in [0.29, 0.717) is 5.56 Å². The van der Waals surface area contributed by atoms with Gasteiger partial charge in [0.1, 0.15) is 0 Å². The highest BCUT2D eigenvalue weighted by Crippen LogP contribution is 2.23. The first-order valence-corrected chi connectivity index (χ1v) is 8.01. The van der Waals surface area contributed by atoms with Crippen LogP contribution in [0, 0.1) is 5.41 Å². The Kier molecular flexibility index (Phi) is 6.10. The van der Waals surface area contributed by atoms with Crippen LogP contribution in [0.25, 0.3) is 6.08 Å². The Bertz CT molecular complexity index is 690. The van der Waals surface area contributed by atoms with Crippen LogP contribution in [0.5, 0.6) is 0 Å². The van der Waals surface area contributed by atoms with Crippen LogP contribution in [-0.2, 0) is 0 Å². The van der Waals surface area contributed by atoms with Crippen LogP contribution in [-0.4, -0.2) is 11.9 Å². The lowest BCUT2D eigenvalue weighted by atomic mass is 9.84. The molecule has 0 saturated carbocycles. The number of benzene rings is 2. The molecule has 2 N–H and O–H groups in total. The van der Waals surface area contributed by atoms with E-state index in [1.165, 1.54) is 0 Å². The molecule has 3 heteroatoms. The lowest BCUT2D eigenvalue weighted by Crippen LogP contribution is -2.49. The highest BCUT2D eigenvalue weighted by Gasteiger charge is 2.24. The summed E-state index contributed by atoms with van der Waals surface area (Å²) in [6.45, 7) is 8.05. The van der Waals surface area contributed by atoms with Gasteiger partial charge in [-0.25, -0.2) is 5.43 Å². The van der Waals surface area contributed by atoms with Gasteiger partial charge in [-0.15, -0.1) is 6.58 Å². The fourth-order valence-electron chi connectivity index (χ4n) is 2.19. The van der Waals surface area contributed by atoms with E-state index in [2.05, 4.69) is 31.3 Å². The van der Waals surface area contributed by atoms with Gasteiger partial charge >= 0.3 is 0 Å². The molecule has 0 unspecified atom stereocenters. The van der Waals surface area contributed by atoms with Gasteiger partial charge in [-0.3, -0.25) is 10.2 Å². The normalized spacial score (nSPS) is 12.8. The molecule has 24 heavy (non-hydrogen) atoms. The molecule has 0 spiro atoms. The third-order valence-electron chi connectivity index (χ3n) is 3.99. The first-order chi connectivity index (χ1) is 11.5. The summed E-state index contributed by atoms with van der Waals surface area (Å²) in [7, 11) is 0. The van der Waals surface area contributed by atoms with Crippen molar-refractivity contribution in [1.82, 2.24) is 10.9 Å². The molecule has 2 aromatic rings. The van der Waals surface area contributed by atoms with Crippen molar-refractivity contribution in [2.45, 2.75) is 19.9 Å². The number of nitrogens with one attached hydrogen (secondary N) is 2. The van der Waals surface area contributed by atoms with E-state index in [1.54, 1.807) is 12.1 Å². The molecule has 0 aliphatic rings. The maximum atomic E-state index is 12.2. The van der Waals surface area contributed by atoms with E-state index in [-0.39, 0.29) is 17.4 Å². The summed E-state index contributed by atoms with van der Waals surface area (Å²) >= 11 is 0. The summed E-state index contributed by atoms with van der Waals surface area (Å²) in [5.74, 6) is -0.159. The predicted molar refractivity (Wildman–Crippen MR) is 100 cm³/mol. The zero-order valence-corrected chi connectivity index (χ0v) is 14.2. The Hall–Kier alpha value is -2.65. The lowest BCUT2D eigenvalue weighted by Gasteiger charge is -2.30. The summed E-state index contributed by atoms with van der Waals surface area (Å²) < 4.78 is 0. The van der Waals surface area contributed by atoms with Crippen molar-refractivity contribution in [2.24, 2.45) is 5.41 Å². The van der Waals surface area contributed by atoms with Crippen LogP contribution in [0.4, 0.5) is 0 Å². The number of hydrogen-bond donors (Lipinski definition) is 2. The van der Waals surface area contributed by atoms with E-state index < -0.39 is 0 Å². The third kappa shape index (κ3) is 4.93. The van der Waals surface area contributed by atoms with Gasteiger partial charge in [0, 0.05) is 11.0 Å². The summed E-state index contributed by atoms with van der Waals surface area (Å²) in [5, 5.41) is 0. The number of carbonyl (C=O) groups is 1. The number of hydrazine groups is 1. The van der Waals surface area contributed by atoms with E-state index in [4.69, 9.17) is 0 Å². The zero-order valence-electron chi connectivity index (χ0n) is 14.2. The quantitative estimate of drug-likeness (QED) is 0.592. The highest BCUT2D eigenvalue weighted by atomic mass is 16.2. The molecule has 0 fully saturated rings. The Morgan fingerprint density at radius 1 is 1.04 bits per heavy atom. The van der Waals surface area contributed by atoms with Gasteiger partial charge in [-0.1, -0.05) is 80.6 Å². The molecule has 1 amide bonds. The van der Waals surface area contributed by atoms with Gasteiger partial charge in [0.15, 0.2) is 0 Å². The van der Waals surface area contributed by atoms with Crippen molar-refractivity contribution in [3.05, 3.63) is 90.5 Å². The minimum atomic E-state index is -0.227. The molecule has 1 atom stereocenters. The molecule has 0 saturated heterocycles. The standard InChI is InChI=1S/C21H24N2O/c1-4-21(2,3)19(16-15-17-11-7-5-8-12-17)22-23-20(24)18-13-9-6-10-14-18/h4-16,19,22H,1H2,2-3H3,(H,23,24)/b16-15+/t19-/m0/s1. The van der Waals surface area contributed by atoms with Gasteiger partial charge < -0.3 is 0 Å². The molecular formula is C21H24N2O. The lowest BCUT2D eigenvalue weighted by molar-refractivity contribution is 0.0920. The monoisotopic (exact) mass is 320 g/mol. The molecule has 0 radical (unpaired) electrons. The van der Waals surface area contributed by atoms with Gasteiger partial charge in [-0.05, 0) is 17.7 Å². The summed E-state index contributed by atoms with van der Waals surface area (Å²) in [5.41, 5.74) is 7.41. The fourth-order valence-corrected chi connectivity index (χ4v) is 2.19. The van der Waals surface area contributed by atoms with Crippen LogP contribution < -0.4 is 10.9 Å². The third-order valence-corrected chi connectivity index (χ3v) is 3.99. The number of hydrogen-bond acceptors (Lipinski definition) is 2. The van der Waals surface area contributed by atoms with Crippen molar-refractivity contribution in [1.29, 1.82) is 0 Å². The van der Waals surface area contributed by atoms with Crippen molar-refractivity contribution in [2.75, 3.05) is 0 Å². The second kappa shape index (κ2) is 8.27. The highest BCUT2D eigenvalue weighted by molar-refractivity contribution is 5.93. The van der Waals surface area contributed by atoms with Crippen LogP contribution in [0.1, 0.15) is 29.8 Å². The average molecular weight is 320 g/mol. The van der Waals surface area contributed by atoms with Crippen LogP contribution in [0.15, 0.2) is 79.4 Å². The van der Waals surface area contributed by atoms with Crippen LogP contribution in [0.3, 0.4) is 0 Å². The summed E-state index contributed by atoms with van der Waals surface area (Å²) in [6, 6.07) is 19.1. The minimum absolute atomic E-state index is 0.0946. The Balaban J connectivity index is 2.08. The van der Waals surface area contributed by atoms with Gasteiger partial charge in [0.2, 0.25) is 0 Å². The fraction of sp³-hybridized carbons (Fsp3) is 0.190. The molecular weight excluding hydrogens is 296 g/mol. The molecule has 0 aromatic heterocycles. The Labute approximate surface area is 144 Å². The van der Waals surface area contributed by atoms with E-state index >= 15 is 0 Å². The number of rotatable bonds is 7. The van der Waals surface area contributed by atoms with E-state index in [0.717, 1.165) is 5.56 Å². The van der Waals surface area contributed by atoms with E-state index in [1.807, 2.05) is 66.8 Å². The molecule has 2 aromatic carbocycles. The maximum Gasteiger partial charge on any atom is 0.265 e. The number of amides is 1. The molecule has 0 aliphatic carbocycles. The van der Waals surface area contributed by atoms with Crippen molar-refractivity contribution >= 4 is 12.0 Å². The molecule has 0 heterocycles. The molecule has 3 nitrogen and oxygen atoms in total. The van der Waals surface area contributed by atoms with Crippen molar-refractivity contribution < 1.29 is 4.79 Å². The van der Waals surface area contributed by atoms with Gasteiger partial charge in [0.05, 0.1) is 6.04 Å². The second-order valence-electron chi connectivity index (χ2n) is 6.24. The zero-order chi connectivity index (χ0) is 17.4. The summed E-state index contributed by atoms with van der Waals surface area (Å²) in [4.78, 5) is 12.2. The van der Waals surface area contributed by atoms with Crippen molar-refractivity contribution in [3.63, 3.8) is 0 Å². The summed E-state index contributed by atoms with van der Waals surface area (Å²) in [6.07, 6.45) is 5.97. The minimum Gasteiger partial charge on any atom is -0.287 e. The predicted octanol–water partition coefficient (Wildman–Crippen LogP) is 4.22. The van der Waals surface area contributed by atoms with Gasteiger partial charge in [0.25, 0.3) is 5.91 Å². The van der Waals surface area contributed by atoms with Gasteiger partial charge in [-0.2, -0.15) is 0 Å².